The minimum Gasteiger partial charge on any atom is -0.369 e. The second-order valence-electron chi connectivity index (χ2n) is 4.20. The zero-order valence-electron chi connectivity index (χ0n) is 9.05. The summed E-state index contributed by atoms with van der Waals surface area (Å²) in [6, 6.07) is 2.50. The van der Waals surface area contributed by atoms with Crippen LogP contribution in [-0.4, -0.2) is 16.0 Å². The molecule has 1 fully saturated rings. The summed E-state index contributed by atoms with van der Waals surface area (Å²) in [5, 5.41) is 3.50. The van der Waals surface area contributed by atoms with E-state index in [2.05, 4.69) is 15.3 Å². The van der Waals surface area contributed by atoms with Gasteiger partial charge in [0.05, 0.1) is 0 Å². The van der Waals surface area contributed by atoms with Crippen LogP contribution in [0.3, 0.4) is 0 Å². The third-order valence-corrected chi connectivity index (χ3v) is 3.04. The first-order valence-corrected chi connectivity index (χ1v) is 5.99. The number of nitrogens with zero attached hydrogens (tertiary/aromatic N) is 1. The Bertz CT molecular complexity index is 380. The molecule has 1 heterocycles. The molecule has 0 radical (unpaired) electrons. The lowest BCUT2D eigenvalue weighted by Crippen LogP contribution is -2.23. The molecule has 2 N–H and O–H groups in total. The number of nitrogens with one attached hydrogen (secondary N) is 2. The molecule has 1 aromatic rings. The lowest BCUT2D eigenvalue weighted by atomic mass is 9.95. The summed E-state index contributed by atoms with van der Waals surface area (Å²) in [6.07, 6.45) is 6.58. The normalized spacial score (nSPS) is 17.7. The summed E-state index contributed by atoms with van der Waals surface area (Å²) in [5.41, 5.74) is 0. The van der Waals surface area contributed by atoms with Gasteiger partial charge in [-0.3, -0.25) is 0 Å². The molecule has 1 aromatic heterocycles. The van der Waals surface area contributed by atoms with Crippen molar-refractivity contribution in [1.82, 2.24) is 9.97 Å². The van der Waals surface area contributed by atoms with Gasteiger partial charge in [0.15, 0.2) is 0 Å². The number of hydrogen-bond donors (Lipinski definition) is 2. The fourth-order valence-electron chi connectivity index (χ4n) is 2.12. The van der Waals surface area contributed by atoms with Gasteiger partial charge in [-0.05, 0) is 19.8 Å². The summed E-state index contributed by atoms with van der Waals surface area (Å²) < 4.78 is 0.657. The van der Waals surface area contributed by atoms with Crippen molar-refractivity contribution in [2.75, 3.05) is 5.32 Å². The molecular formula is C11H17N3S. The minimum absolute atomic E-state index is 0.603. The van der Waals surface area contributed by atoms with Crippen LogP contribution < -0.4 is 5.32 Å². The quantitative estimate of drug-likeness (QED) is 0.756. The highest BCUT2D eigenvalue weighted by Crippen LogP contribution is 2.20. The van der Waals surface area contributed by atoms with E-state index in [0.717, 1.165) is 11.6 Å². The third-order valence-electron chi connectivity index (χ3n) is 2.83. The molecule has 0 aromatic carbocycles. The molecule has 0 unspecified atom stereocenters. The topological polar surface area (TPSA) is 40.7 Å². The highest BCUT2D eigenvalue weighted by Gasteiger charge is 2.12. The van der Waals surface area contributed by atoms with Crippen molar-refractivity contribution >= 4 is 18.0 Å². The van der Waals surface area contributed by atoms with E-state index in [9.17, 15) is 0 Å². The molecule has 15 heavy (non-hydrogen) atoms. The van der Waals surface area contributed by atoms with Crippen LogP contribution >= 0.6 is 12.2 Å². The van der Waals surface area contributed by atoms with Crippen LogP contribution in [0.25, 0.3) is 0 Å². The van der Waals surface area contributed by atoms with Crippen molar-refractivity contribution in [3.05, 3.63) is 16.5 Å². The molecular weight excluding hydrogens is 206 g/mol. The van der Waals surface area contributed by atoms with Gasteiger partial charge in [-0.25, -0.2) is 4.98 Å². The summed E-state index contributed by atoms with van der Waals surface area (Å²) >= 11 is 5.08. The summed E-state index contributed by atoms with van der Waals surface area (Å²) in [4.78, 5) is 7.35. The van der Waals surface area contributed by atoms with Crippen molar-refractivity contribution in [2.24, 2.45) is 0 Å². The maximum Gasteiger partial charge on any atom is 0.131 e. The first kappa shape index (κ1) is 10.6. The largest absolute Gasteiger partial charge is 0.369 e. The van der Waals surface area contributed by atoms with Crippen LogP contribution in [0, 0.1) is 11.6 Å². The molecule has 0 amide bonds. The van der Waals surface area contributed by atoms with E-state index in [4.69, 9.17) is 12.2 Å². The van der Waals surface area contributed by atoms with E-state index < -0.39 is 0 Å². The van der Waals surface area contributed by atoms with Gasteiger partial charge < -0.3 is 10.3 Å². The zero-order chi connectivity index (χ0) is 10.7. The van der Waals surface area contributed by atoms with E-state index in [1.54, 1.807) is 0 Å². The molecule has 0 atom stereocenters. The summed E-state index contributed by atoms with van der Waals surface area (Å²) in [5.74, 6) is 1.89. The lowest BCUT2D eigenvalue weighted by Gasteiger charge is -2.23. The summed E-state index contributed by atoms with van der Waals surface area (Å²) in [6.45, 7) is 1.93. The molecule has 0 saturated heterocycles. The smallest absolute Gasteiger partial charge is 0.131 e. The summed E-state index contributed by atoms with van der Waals surface area (Å²) in [7, 11) is 0. The van der Waals surface area contributed by atoms with Crippen LogP contribution in [0.2, 0.25) is 0 Å². The van der Waals surface area contributed by atoms with Crippen molar-refractivity contribution < 1.29 is 0 Å². The fraction of sp³-hybridized carbons (Fsp3) is 0.636. The zero-order valence-corrected chi connectivity index (χ0v) is 9.86. The van der Waals surface area contributed by atoms with Gasteiger partial charge in [0, 0.05) is 12.1 Å². The SMILES string of the molecule is Cc1nc(=S)cc(NC2CCCCC2)[nH]1. The number of H-pyrrole nitrogens is 1. The van der Waals surface area contributed by atoms with Crippen molar-refractivity contribution in [2.45, 2.75) is 45.1 Å². The first-order chi connectivity index (χ1) is 7.24. The predicted octanol–water partition coefficient (Wildman–Crippen LogP) is 3.19. The van der Waals surface area contributed by atoms with Crippen LogP contribution in [0.4, 0.5) is 5.82 Å². The van der Waals surface area contributed by atoms with E-state index in [1.807, 2.05) is 13.0 Å². The van der Waals surface area contributed by atoms with Crippen molar-refractivity contribution in [3.8, 4) is 0 Å². The van der Waals surface area contributed by atoms with Gasteiger partial charge in [0.25, 0.3) is 0 Å². The molecule has 1 saturated carbocycles. The average Bonchev–Trinajstić information content (AvgIpc) is 2.17. The Morgan fingerprint density at radius 3 is 2.80 bits per heavy atom. The van der Waals surface area contributed by atoms with E-state index in [1.165, 1.54) is 32.1 Å². The highest BCUT2D eigenvalue weighted by atomic mass is 32.1. The maximum atomic E-state index is 5.08. The Morgan fingerprint density at radius 2 is 2.13 bits per heavy atom. The Balaban J connectivity index is 2.06. The van der Waals surface area contributed by atoms with Gasteiger partial charge in [-0.2, -0.15) is 0 Å². The van der Waals surface area contributed by atoms with Crippen LogP contribution in [0.15, 0.2) is 6.07 Å². The number of aromatic amines is 1. The van der Waals surface area contributed by atoms with Crippen molar-refractivity contribution in [3.63, 3.8) is 0 Å². The average molecular weight is 223 g/mol. The van der Waals surface area contributed by atoms with Gasteiger partial charge in [-0.1, -0.05) is 31.5 Å². The Kier molecular flexibility index (Phi) is 3.36. The second kappa shape index (κ2) is 4.75. The monoisotopic (exact) mass is 223 g/mol. The van der Waals surface area contributed by atoms with Gasteiger partial charge in [-0.15, -0.1) is 0 Å². The number of hydrogen-bond acceptors (Lipinski definition) is 3. The van der Waals surface area contributed by atoms with Crippen molar-refractivity contribution in [1.29, 1.82) is 0 Å². The Hall–Kier alpha value is -0.900. The molecule has 1 aliphatic carbocycles. The van der Waals surface area contributed by atoms with Crippen LogP contribution in [0.1, 0.15) is 37.9 Å². The number of anilines is 1. The predicted molar refractivity (Wildman–Crippen MR) is 64.7 cm³/mol. The fourth-order valence-corrected chi connectivity index (χ4v) is 2.38. The number of rotatable bonds is 2. The second-order valence-corrected chi connectivity index (χ2v) is 4.62. The minimum atomic E-state index is 0.603. The highest BCUT2D eigenvalue weighted by molar-refractivity contribution is 7.71. The van der Waals surface area contributed by atoms with E-state index >= 15 is 0 Å². The molecule has 82 valence electrons. The molecule has 0 aliphatic heterocycles. The Labute approximate surface area is 95.3 Å². The molecule has 1 aliphatic rings. The van der Waals surface area contributed by atoms with Crippen LogP contribution in [0.5, 0.6) is 0 Å². The molecule has 0 spiro atoms. The standard InChI is InChI=1S/C11H17N3S/c1-8-12-10(7-11(15)13-8)14-9-5-3-2-4-6-9/h7,9H,2-6H2,1H3,(H2,12,13,14,15). The van der Waals surface area contributed by atoms with Gasteiger partial charge >= 0.3 is 0 Å². The lowest BCUT2D eigenvalue weighted by molar-refractivity contribution is 0.461. The third kappa shape index (κ3) is 3.02. The van der Waals surface area contributed by atoms with E-state index in [-0.39, 0.29) is 0 Å². The molecule has 0 bridgehead atoms. The van der Waals surface area contributed by atoms with Crippen LogP contribution in [-0.2, 0) is 0 Å². The molecule has 4 heteroatoms. The Morgan fingerprint density at radius 1 is 1.40 bits per heavy atom. The van der Waals surface area contributed by atoms with E-state index in [0.29, 0.717) is 10.7 Å². The number of aromatic nitrogens is 2. The van der Waals surface area contributed by atoms with Gasteiger partial charge in [0.2, 0.25) is 0 Å². The first-order valence-electron chi connectivity index (χ1n) is 5.58. The molecule has 3 nitrogen and oxygen atoms in total. The molecule has 2 rings (SSSR count). The maximum absolute atomic E-state index is 5.08. The van der Waals surface area contributed by atoms with Gasteiger partial charge in [0.1, 0.15) is 16.3 Å². The number of aryl methyl sites for hydroxylation is 1.